The van der Waals surface area contributed by atoms with Crippen LogP contribution in [0.1, 0.15) is 18.6 Å². The molecule has 1 rings (SSSR count). The van der Waals surface area contributed by atoms with Gasteiger partial charge >= 0.3 is 6.09 Å². The Bertz CT molecular complexity index is 364. The zero-order valence-corrected chi connectivity index (χ0v) is 8.56. The van der Waals surface area contributed by atoms with E-state index < -0.39 is 12.2 Å². The third-order valence-electron chi connectivity index (χ3n) is 1.97. The Kier molecular flexibility index (Phi) is 3.38. The molecule has 1 atom stereocenters. The number of rotatable bonds is 3. The van der Waals surface area contributed by atoms with E-state index in [-0.39, 0.29) is 5.75 Å². The Labute approximate surface area is 87.4 Å². The number of aromatic hydroxyl groups is 1. The van der Waals surface area contributed by atoms with E-state index in [2.05, 4.69) is 0 Å². The van der Waals surface area contributed by atoms with E-state index in [4.69, 9.17) is 15.2 Å². The van der Waals surface area contributed by atoms with E-state index in [1.54, 1.807) is 19.1 Å². The van der Waals surface area contributed by atoms with Crippen LogP contribution in [0.25, 0.3) is 0 Å². The molecular formula is C10H13NO4. The molecule has 5 nitrogen and oxygen atoms in total. The molecule has 5 heteroatoms. The summed E-state index contributed by atoms with van der Waals surface area (Å²) in [5.74, 6) is 0.361. The fraction of sp³-hybridized carbons (Fsp3) is 0.300. The maximum Gasteiger partial charge on any atom is 0.405 e. The minimum Gasteiger partial charge on any atom is -0.504 e. The van der Waals surface area contributed by atoms with Gasteiger partial charge in [-0.05, 0) is 24.6 Å². The minimum atomic E-state index is -0.838. The Hall–Kier alpha value is -1.91. The van der Waals surface area contributed by atoms with Gasteiger partial charge in [0.05, 0.1) is 7.11 Å². The molecular weight excluding hydrogens is 198 g/mol. The number of amides is 1. The summed E-state index contributed by atoms with van der Waals surface area (Å²) >= 11 is 0. The zero-order valence-electron chi connectivity index (χ0n) is 8.56. The van der Waals surface area contributed by atoms with Crippen LogP contribution in [0.2, 0.25) is 0 Å². The Morgan fingerprint density at radius 3 is 2.73 bits per heavy atom. The highest BCUT2D eigenvalue weighted by molar-refractivity contribution is 5.65. The second-order valence-corrected chi connectivity index (χ2v) is 3.01. The van der Waals surface area contributed by atoms with Crippen LogP contribution in [0.15, 0.2) is 18.2 Å². The number of hydrogen-bond acceptors (Lipinski definition) is 4. The van der Waals surface area contributed by atoms with Crippen LogP contribution in [0, 0.1) is 0 Å². The number of ether oxygens (including phenoxy) is 2. The Morgan fingerprint density at radius 2 is 2.20 bits per heavy atom. The van der Waals surface area contributed by atoms with Crippen molar-refractivity contribution in [2.75, 3.05) is 7.11 Å². The van der Waals surface area contributed by atoms with Gasteiger partial charge in [-0.1, -0.05) is 6.07 Å². The topological polar surface area (TPSA) is 81.8 Å². The van der Waals surface area contributed by atoms with Gasteiger partial charge in [0, 0.05) is 0 Å². The molecule has 0 aromatic heterocycles. The molecule has 0 spiro atoms. The number of primary amides is 1. The number of benzene rings is 1. The second-order valence-electron chi connectivity index (χ2n) is 3.01. The van der Waals surface area contributed by atoms with Crippen molar-refractivity contribution in [1.82, 2.24) is 0 Å². The summed E-state index contributed by atoms with van der Waals surface area (Å²) in [6, 6.07) is 4.68. The van der Waals surface area contributed by atoms with Crippen LogP contribution in [0.4, 0.5) is 4.79 Å². The van der Waals surface area contributed by atoms with Crippen LogP contribution >= 0.6 is 0 Å². The lowest BCUT2D eigenvalue weighted by atomic mass is 10.1. The smallest absolute Gasteiger partial charge is 0.405 e. The fourth-order valence-electron chi connectivity index (χ4n) is 1.19. The average Bonchev–Trinajstić information content (AvgIpc) is 2.17. The van der Waals surface area contributed by atoms with Crippen molar-refractivity contribution >= 4 is 6.09 Å². The number of phenols is 1. The van der Waals surface area contributed by atoms with Gasteiger partial charge in [0.2, 0.25) is 0 Å². The van der Waals surface area contributed by atoms with E-state index in [1.807, 2.05) is 0 Å². The highest BCUT2D eigenvalue weighted by Crippen LogP contribution is 2.29. The maximum absolute atomic E-state index is 10.5. The molecule has 0 saturated carbocycles. The molecule has 0 radical (unpaired) electrons. The van der Waals surface area contributed by atoms with Crippen LogP contribution in [-0.2, 0) is 4.74 Å². The van der Waals surface area contributed by atoms with Gasteiger partial charge in [0.25, 0.3) is 0 Å². The van der Waals surface area contributed by atoms with Gasteiger partial charge in [0.1, 0.15) is 6.10 Å². The van der Waals surface area contributed by atoms with Crippen LogP contribution < -0.4 is 10.5 Å². The molecule has 0 bridgehead atoms. The molecule has 1 amide bonds. The Morgan fingerprint density at radius 1 is 1.53 bits per heavy atom. The number of phenolic OH excluding ortho intramolecular Hbond substituents is 1. The lowest BCUT2D eigenvalue weighted by Crippen LogP contribution is -2.15. The SMILES string of the molecule is COc1cc(C(C)OC(N)=O)ccc1O. The first kappa shape index (κ1) is 11.2. The van der Waals surface area contributed by atoms with Crippen molar-refractivity contribution in [2.24, 2.45) is 5.73 Å². The monoisotopic (exact) mass is 211 g/mol. The van der Waals surface area contributed by atoms with Crippen LogP contribution in [-0.4, -0.2) is 18.3 Å². The fourth-order valence-corrected chi connectivity index (χ4v) is 1.19. The maximum atomic E-state index is 10.5. The summed E-state index contributed by atoms with van der Waals surface area (Å²) < 4.78 is 9.70. The molecule has 0 saturated heterocycles. The molecule has 15 heavy (non-hydrogen) atoms. The van der Waals surface area contributed by atoms with E-state index in [0.29, 0.717) is 11.3 Å². The van der Waals surface area contributed by atoms with Crippen molar-refractivity contribution in [3.8, 4) is 11.5 Å². The van der Waals surface area contributed by atoms with Crippen molar-refractivity contribution in [3.05, 3.63) is 23.8 Å². The molecule has 3 N–H and O–H groups in total. The lowest BCUT2D eigenvalue weighted by molar-refractivity contribution is 0.116. The third-order valence-corrected chi connectivity index (χ3v) is 1.97. The normalized spacial score (nSPS) is 11.9. The van der Waals surface area contributed by atoms with E-state index in [9.17, 15) is 9.90 Å². The van der Waals surface area contributed by atoms with E-state index in [0.717, 1.165) is 0 Å². The highest BCUT2D eigenvalue weighted by atomic mass is 16.6. The number of hydrogen-bond donors (Lipinski definition) is 2. The van der Waals surface area contributed by atoms with Gasteiger partial charge < -0.3 is 20.3 Å². The summed E-state index contributed by atoms with van der Waals surface area (Å²) in [5.41, 5.74) is 5.59. The molecule has 82 valence electrons. The minimum absolute atomic E-state index is 0.0347. The first-order valence-corrected chi connectivity index (χ1v) is 4.37. The number of methoxy groups -OCH3 is 1. The first-order valence-electron chi connectivity index (χ1n) is 4.37. The predicted molar refractivity (Wildman–Crippen MR) is 53.7 cm³/mol. The highest BCUT2D eigenvalue weighted by Gasteiger charge is 2.11. The van der Waals surface area contributed by atoms with Crippen LogP contribution in [0.3, 0.4) is 0 Å². The third kappa shape index (κ3) is 2.77. The molecule has 0 aliphatic rings. The largest absolute Gasteiger partial charge is 0.504 e. The van der Waals surface area contributed by atoms with Crippen molar-refractivity contribution < 1.29 is 19.4 Å². The number of carbonyl (C=O) groups excluding carboxylic acids is 1. The van der Waals surface area contributed by atoms with E-state index >= 15 is 0 Å². The molecule has 1 aromatic carbocycles. The second kappa shape index (κ2) is 4.54. The summed E-state index contributed by atoms with van der Waals surface area (Å²) in [5, 5.41) is 9.34. The van der Waals surface area contributed by atoms with Gasteiger partial charge in [-0.15, -0.1) is 0 Å². The molecule has 0 aliphatic carbocycles. The van der Waals surface area contributed by atoms with Gasteiger partial charge in [-0.2, -0.15) is 0 Å². The van der Waals surface area contributed by atoms with Crippen molar-refractivity contribution in [3.63, 3.8) is 0 Å². The van der Waals surface area contributed by atoms with Gasteiger partial charge in [0.15, 0.2) is 11.5 Å². The average molecular weight is 211 g/mol. The summed E-state index contributed by atoms with van der Waals surface area (Å²) in [7, 11) is 1.44. The zero-order chi connectivity index (χ0) is 11.4. The number of nitrogens with two attached hydrogens (primary N) is 1. The quantitative estimate of drug-likeness (QED) is 0.794. The Balaban J connectivity index is 2.90. The summed E-state index contributed by atoms with van der Waals surface area (Å²) in [4.78, 5) is 10.5. The molecule has 1 unspecified atom stereocenters. The predicted octanol–water partition coefficient (Wildman–Crippen LogP) is 1.56. The standard InChI is InChI=1S/C10H13NO4/c1-6(15-10(11)13)7-3-4-8(12)9(5-7)14-2/h3-6,12H,1-2H3,(H2,11,13). The molecule has 0 fully saturated rings. The van der Waals surface area contributed by atoms with Crippen LogP contribution in [0.5, 0.6) is 11.5 Å². The van der Waals surface area contributed by atoms with Crippen molar-refractivity contribution in [2.45, 2.75) is 13.0 Å². The van der Waals surface area contributed by atoms with Crippen molar-refractivity contribution in [1.29, 1.82) is 0 Å². The summed E-state index contributed by atoms with van der Waals surface area (Å²) in [6.07, 6.45) is -1.31. The van der Waals surface area contributed by atoms with Gasteiger partial charge in [-0.3, -0.25) is 0 Å². The van der Waals surface area contributed by atoms with E-state index in [1.165, 1.54) is 13.2 Å². The lowest BCUT2D eigenvalue weighted by Gasteiger charge is -2.13. The molecule has 0 aliphatic heterocycles. The summed E-state index contributed by atoms with van der Waals surface area (Å²) in [6.45, 7) is 1.68. The molecule has 1 aromatic rings. The first-order chi connectivity index (χ1) is 7.04. The number of carbonyl (C=O) groups is 1. The van der Waals surface area contributed by atoms with Gasteiger partial charge in [-0.25, -0.2) is 4.79 Å². The molecule has 0 heterocycles.